The molecule has 3 rings (SSSR count). The van der Waals surface area contributed by atoms with Gasteiger partial charge >= 0.3 is 0 Å². The number of ether oxygens (including phenoxy) is 2. The van der Waals surface area contributed by atoms with E-state index >= 15 is 0 Å². The third-order valence-electron chi connectivity index (χ3n) is 3.52. The average molecular weight is 290 g/mol. The van der Waals surface area contributed by atoms with Crippen molar-refractivity contribution in [3.63, 3.8) is 0 Å². The Hall–Kier alpha value is -1.98. The molecule has 1 aromatic carbocycles. The Bertz CT molecular complexity index is 671. The molecule has 21 heavy (non-hydrogen) atoms. The second-order valence-electron chi connectivity index (χ2n) is 5.42. The van der Waals surface area contributed by atoms with E-state index in [9.17, 15) is 10.2 Å². The summed E-state index contributed by atoms with van der Waals surface area (Å²) >= 11 is 0. The van der Waals surface area contributed by atoms with Crippen LogP contribution in [0, 0.1) is 5.92 Å². The molecule has 0 aliphatic carbocycles. The highest BCUT2D eigenvalue weighted by Crippen LogP contribution is 2.42. The minimum absolute atomic E-state index is 0.132. The Labute approximate surface area is 122 Å². The minimum Gasteiger partial charge on any atom is -0.485 e. The van der Waals surface area contributed by atoms with Crippen molar-refractivity contribution in [2.75, 3.05) is 6.61 Å². The third-order valence-corrected chi connectivity index (χ3v) is 3.52. The number of fused-ring (bicyclic) bond motifs is 2. The monoisotopic (exact) mass is 290 g/mol. The van der Waals surface area contributed by atoms with Crippen LogP contribution < -0.4 is 9.47 Å². The number of aliphatic hydroxyl groups is 2. The first kappa shape index (κ1) is 14.0. The second-order valence-corrected chi connectivity index (χ2v) is 5.42. The van der Waals surface area contributed by atoms with Crippen LogP contribution in [-0.2, 0) is 0 Å². The molecule has 2 unspecified atom stereocenters. The topological polar surface area (TPSA) is 72.1 Å². The van der Waals surface area contributed by atoms with Gasteiger partial charge in [0.2, 0.25) is 12.0 Å². The van der Waals surface area contributed by atoms with E-state index in [0.717, 1.165) is 10.9 Å². The van der Waals surface area contributed by atoms with Crippen LogP contribution in [0.1, 0.15) is 19.4 Å². The van der Waals surface area contributed by atoms with E-state index in [-0.39, 0.29) is 5.92 Å². The van der Waals surface area contributed by atoms with Crippen molar-refractivity contribution in [2.45, 2.75) is 26.2 Å². The van der Waals surface area contributed by atoms with Gasteiger partial charge in [0.25, 0.3) is 0 Å². The highest BCUT2D eigenvalue weighted by atomic mass is 16.6. The Morgan fingerprint density at radius 2 is 2.10 bits per heavy atom. The van der Waals surface area contributed by atoms with Crippen LogP contribution in [0.25, 0.3) is 17.0 Å². The zero-order chi connectivity index (χ0) is 15.0. The van der Waals surface area contributed by atoms with Gasteiger partial charge < -0.3 is 24.1 Å². The van der Waals surface area contributed by atoms with Crippen LogP contribution >= 0.6 is 0 Å². The van der Waals surface area contributed by atoms with Gasteiger partial charge in [0.15, 0.2) is 11.3 Å². The maximum Gasteiger partial charge on any atom is 0.224 e. The SMILES string of the molecule is CC(C)C(O)C(O)Oc1c2c(cc3ccoc13)C=CCO2. The molecule has 0 amide bonds. The smallest absolute Gasteiger partial charge is 0.224 e. The summed E-state index contributed by atoms with van der Waals surface area (Å²) in [5.41, 5.74) is 1.36. The van der Waals surface area contributed by atoms with Gasteiger partial charge in [-0.1, -0.05) is 19.9 Å². The fourth-order valence-electron chi connectivity index (χ4n) is 2.29. The first-order valence-corrected chi connectivity index (χ1v) is 6.94. The number of aliphatic hydroxyl groups excluding tert-OH is 2. The summed E-state index contributed by atoms with van der Waals surface area (Å²) < 4.78 is 16.6. The molecular weight excluding hydrogens is 272 g/mol. The molecular formula is C16H18O5. The summed E-state index contributed by atoms with van der Waals surface area (Å²) in [5.74, 6) is 0.714. The van der Waals surface area contributed by atoms with E-state index in [0.29, 0.717) is 23.7 Å². The van der Waals surface area contributed by atoms with Crippen LogP contribution in [0.2, 0.25) is 0 Å². The zero-order valence-electron chi connectivity index (χ0n) is 11.9. The Balaban J connectivity index is 2.04. The normalized spacial score (nSPS) is 16.6. The maximum absolute atomic E-state index is 10.1. The molecule has 1 aliphatic heterocycles. The lowest BCUT2D eigenvalue weighted by atomic mass is 10.1. The van der Waals surface area contributed by atoms with E-state index in [1.54, 1.807) is 20.1 Å². The summed E-state index contributed by atoms with van der Waals surface area (Å²) in [5, 5.41) is 20.8. The van der Waals surface area contributed by atoms with Gasteiger partial charge in [0.05, 0.1) is 6.26 Å². The van der Waals surface area contributed by atoms with E-state index < -0.39 is 12.4 Å². The fourth-order valence-corrected chi connectivity index (χ4v) is 2.29. The summed E-state index contributed by atoms with van der Waals surface area (Å²) in [7, 11) is 0. The average Bonchev–Trinajstić information content (AvgIpc) is 2.94. The predicted molar refractivity (Wildman–Crippen MR) is 78.2 cm³/mol. The molecule has 2 aromatic rings. The molecule has 2 N–H and O–H groups in total. The molecule has 1 aliphatic rings. The van der Waals surface area contributed by atoms with E-state index in [1.165, 1.54) is 0 Å². The standard InChI is InChI=1S/C16H18O5/c1-9(2)12(17)16(18)21-15-13-10(4-3-6-19-13)8-11-5-7-20-14(11)15/h3-5,7-9,12,16-18H,6H2,1-2H3. The first-order valence-electron chi connectivity index (χ1n) is 6.94. The van der Waals surface area contributed by atoms with Crippen molar-refractivity contribution in [3.8, 4) is 11.5 Å². The molecule has 0 saturated heterocycles. The molecule has 5 heteroatoms. The zero-order valence-corrected chi connectivity index (χ0v) is 11.9. The van der Waals surface area contributed by atoms with Gasteiger partial charge in [-0.15, -0.1) is 0 Å². The van der Waals surface area contributed by atoms with Crippen molar-refractivity contribution in [2.24, 2.45) is 5.92 Å². The second kappa shape index (κ2) is 5.42. The fraction of sp³-hybridized carbons (Fsp3) is 0.375. The molecule has 0 fully saturated rings. The lowest BCUT2D eigenvalue weighted by molar-refractivity contribution is -0.119. The molecule has 2 heterocycles. The van der Waals surface area contributed by atoms with E-state index in [4.69, 9.17) is 13.9 Å². The number of furan rings is 1. The molecule has 2 atom stereocenters. The van der Waals surface area contributed by atoms with Crippen LogP contribution in [0.5, 0.6) is 11.5 Å². The molecule has 0 radical (unpaired) electrons. The number of hydrogen-bond acceptors (Lipinski definition) is 5. The van der Waals surface area contributed by atoms with Gasteiger partial charge in [-0.2, -0.15) is 0 Å². The van der Waals surface area contributed by atoms with Crippen molar-refractivity contribution < 1.29 is 24.1 Å². The highest BCUT2D eigenvalue weighted by Gasteiger charge is 2.26. The Morgan fingerprint density at radius 1 is 1.29 bits per heavy atom. The summed E-state index contributed by atoms with van der Waals surface area (Å²) in [4.78, 5) is 0. The lowest BCUT2D eigenvalue weighted by Crippen LogP contribution is -2.35. The van der Waals surface area contributed by atoms with Gasteiger partial charge in [-0.3, -0.25) is 0 Å². The Kier molecular flexibility index (Phi) is 3.61. The van der Waals surface area contributed by atoms with Gasteiger partial charge in [0, 0.05) is 10.9 Å². The van der Waals surface area contributed by atoms with Crippen molar-refractivity contribution in [1.29, 1.82) is 0 Å². The van der Waals surface area contributed by atoms with Crippen molar-refractivity contribution in [1.82, 2.24) is 0 Å². The summed E-state index contributed by atoms with van der Waals surface area (Å²) in [6.45, 7) is 4.04. The van der Waals surface area contributed by atoms with Gasteiger partial charge in [-0.25, -0.2) is 0 Å². The quantitative estimate of drug-likeness (QED) is 0.847. The molecule has 0 bridgehead atoms. The van der Waals surface area contributed by atoms with Crippen LogP contribution in [-0.4, -0.2) is 29.2 Å². The highest BCUT2D eigenvalue weighted by molar-refractivity contribution is 5.90. The summed E-state index contributed by atoms with van der Waals surface area (Å²) in [6.07, 6.45) is 3.04. The van der Waals surface area contributed by atoms with Crippen molar-refractivity contribution >= 4 is 17.0 Å². The van der Waals surface area contributed by atoms with Crippen molar-refractivity contribution in [3.05, 3.63) is 30.0 Å². The lowest BCUT2D eigenvalue weighted by Gasteiger charge is -2.24. The Morgan fingerprint density at radius 3 is 2.86 bits per heavy atom. The molecule has 0 spiro atoms. The molecule has 112 valence electrons. The summed E-state index contributed by atoms with van der Waals surface area (Å²) in [6, 6.07) is 3.75. The number of benzene rings is 1. The third kappa shape index (κ3) is 2.50. The van der Waals surface area contributed by atoms with Crippen LogP contribution in [0.4, 0.5) is 0 Å². The number of hydrogen-bond donors (Lipinski definition) is 2. The first-order chi connectivity index (χ1) is 10.1. The predicted octanol–water partition coefficient (Wildman–Crippen LogP) is 2.55. The van der Waals surface area contributed by atoms with Crippen LogP contribution in [0.15, 0.2) is 28.9 Å². The maximum atomic E-state index is 10.1. The minimum atomic E-state index is -1.35. The van der Waals surface area contributed by atoms with E-state index in [1.807, 2.05) is 24.3 Å². The number of rotatable bonds is 4. The molecule has 5 nitrogen and oxygen atoms in total. The molecule has 1 aromatic heterocycles. The van der Waals surface area contributed by atoms with E-state index in [2.05, 4.69) is 0 Å². The van der Waals surface area contributed by atoms with Gasteiger partial charge in [-0.05, 0) is 24.1 Å². The van der Waals surface area contributed by atoms with Crippen LogP contribution in [0.3, 0.4) is 0 Å². The largest absolute Gasteiger partial charge is 0.485 e. The van der Waals surface area contributed by atoms with Gasteiger partial charge in [0.1, 0.15) is 12.7 Å². The molecule has 0 saturated carbocycles.